The second kappa shape index (κ2) is 6.28. The first-order valence-electron chi connectivity index (χ1n) is 5.69. The summed E-state index contributed by atoms with van der Waals surface area (Å²) in [6.45, 7) is 6.43. The third-order valence-corrected chi connectivity index (χ3v) is 13.7. The minimum atomic E-state index is -2.05. The first-order valence-corrected chi connectivity index (χ1v) is 11.4. The van der Waals surface area contributed by atoms with Crippen LogP contribution in [0.5, 0.6) is 0 Å². The Bertz CT molecular complexity index is 181. The van der Waals surface area contributed by atoms with Crippen LogP contribution >= 0.6 is 0 Å². The molecule has 4 nitrogen and oxygen atoms in total. The lowest BCUT2D eigenvalue weighted by Gasteiger charge is -2.41. The Labute approximate surface area is 96.8 Å². The van der Waals surface area contributed by atoms with Crippen LogP contribution in [-0.2, 0) is 17.1 Å². The Morgan fingerprint density at radius 3 is 1.93 bits per heavy atom. The van der Waals surface area contributed by atoms with Gasteiger partial charge in [-0.3, -0.25) is 0 Å². The van der Waals surface area contributed by atoms with Gasteiger partial charge in [0.15, 0.2) is 0 Å². The lowest BCUT2D eigenvalue weighted by Crippen LogP contribution is -2.60. The largest absolute Gasteiger partial charge is 0.420 e. The fourth-order valence-electron chi connectivity index (χ4n) is 1.65. The Balaban J connectivity index is 2.68. The van der Waals surface area contributed by atoms with Crippen LogP contribution in [0, 0.1) is 0 Å². The van der Waals surface area contributed by atoms with E-state index < -0.39 is 27.1 Å². The zero-order valence-electron chi connectivity index (χ0n) is 10.1. The van der Waals surface area contributed by atoms with Crippen molar-refractivity contribution in [1.29, 1.82) is 0 Å². The van der Waals surface area contributed by atoms with Crippen LogP contribution in [-0.4, -0.2) is 40.5 Å². The van der Waals surface area contributed by atoms with Crippen molar-refractivity contribution in [2.24, 2.45) is 0 Å². The van der Waals surface area contributed by atoms with E-state index >= 15 is 0 Å². The van der Waals surface area contributed by atoms with Gasteiger partial charge in [-0.1, -0.05) is 20.8 Å². The highest BCUT2D eigenvalue weighted by atomic mass is 28.5. The van der Waals surface area contributed by atoms with Crippen LogP contribution in [0.2, 0.25) is 18.1 Å². The number of rotatable bonds is 5. The first kappa shape index (κ1) is 13.6. The summed E-state index contributed by atoms with van der Waals surface area (Å²) in [5.41, 5.74) is 0. The molecule has 0 aromatic carbocycles. The average Bonchev–Trinajstić information content (AvgIpc) is 2.28. The number of hydrogen-bond donors (Lipinski definition) is 0. The van der Waals surface area contributed by atoms with Gasteiger partial charge in [0.2, 0.25) is 0 Å². The predicted octanol–water partition coefficient (Wildman–Crippen LogP) is 1.18. The third kappa shape index (κ3) is 3.48. The second-order valence-electron chi connectivity index (χ2n) is 3.74. The summed E-state index contributed by atoms with van der Waals surface area (Å²) < 4.78 is 23.3. The number of hydrogen-bond acceptors (Lipinski definition) is 4. The monoisotopic (exact) mass is 266 g/mol. The Kier molecular flexibility index (Phi) is 5.68. The molecule has 1 saturated heterocycles. The molecule has 0 amide bonds. The molecule has 0 bridgehead atoms. The minimum absolute atomic E-state index is 0.653. The van der Waals surface area contributed by atoms with E-state index in [0.717, 1.165) is 18.1 Å². The van der Waals surface area contributed by atoms with Gasteiger partial charge in [-0.25, -0.2) is 0 Å². The Morgan fingerprint density at radius 1 is 1.07 bits per heavy atom. The molecule has 1 fully saturated rings. The smallest absolute Gasteiger partial charge is 0.346 e. The molecule has 1 rings (SSSR count). The molecular weight excluding hydrogens is 244 g/mol. The minimum Gasteiger partial charge on any atom is -0.420 e. The van der Waals surface area contributed by atoms with E-state index in [1.807, 2.05) is 0 Å². The fraction of sp³-hybridized carbons (Fsp3) is 1.00. The second-order valence-corrected chi connectivity index (χ2v) is 12.9. The summed E-state index contributed by atoms with van der Waals surface area (Å²) in [6, 6.07) is 3.04. The maximum atomic E-state index is 6.09. The fourth-order valence-corrected chi connectivity index (χ4v) is 14.4. The molecule has 2 atom stereocenters. The first-order chi connectivity index (χ1) is 7.19. The molecular formula is C8H22O4Si3. The van der Waals surface area contributed by atoms with E-state index in [1.165, 1.54) is 0 Å². The number of methoxy groups -OCH3 is 1. The van der Waals surface area contributed by atoms with Crippen molar-refractivity contribution < 1.29 is 17.1 Å². The van der Waals surface area contributed by atoms with Gasteiger partial charge in [0.1, 0.15) is 0 Å². The molecule has 0 N–H and O–H groups in total. The summed E-state index contributed by atoms with van der Waals surface area (Å²) in [6.07, 6.45) is 0.653. The third-order valence-electron chi connectivity index (χ3n) is 2.57. The van der Waals surface area contributed by atoms with Crippen molar-refractivity contribution in [3.8, 4) is 0 Å². The van der Waals surface area contributed by atoms with Gasteiger partial charge in [-0.2, -0.15) is 0 Å². The van der Waals surface area contributed by atoms with Crippen molar-refractivity contribution in [3.63, 3.8) is 0 Å². The normalized spacial score (nSPS) is 36.8. The molecule has 7 heteroatoms. The van der Waals surface area contributed by atoms with E-state index in [-0.39, 0.29) is 0 Å². The van der Waals surface area contributed by atoms with E-state index in [0.29, 0.717) is 6.23 Å². The van der Waals surface area contributed by atoms with E-state index in [2.05, 4.69) is 20.8 Å². The van der Waals surface area contributed by atoms with Crippen molar-refractivity contribution in [1.82, 2.24) is 0 Å². The van der Waals surface area contributed by atoms with E-state index in [1.54, 1.807) is 7.11 Å². The van der Waals surface area contributed by atoms with Gasteiger partial charge in [0, 0.05) is 7.11 Å². The number of ether oxygens (including phenoxy) is 1. The van der Waals surface area contributed by atoms with Gasteiger partial charge in [0.05, 0.1) is 6.23 Å². The van der Waals surface area contributed by atoms with E-state index in [4.69, 9.17) is 17.1 Å². The van der Waals surface area contributed by atoms with Crippen LogP contribution in [0.25, 0.3) is 0 Å². The zero-order valence-corrected chi connectivity index (χ0v) is 13.4. The van der Waals surface area contributed by atoms with Crippen LogP contribution in [0.1, 0.15) is 20.8 Å². The van der Waals surface area contributed by atoms with Gasteiger partial charge < -0.3 is 17.1 Å². The molecule has 0 aromatic heterocycles. The summed E-state index contributed by atoms with van der Waals surface area (Å²) in [7, 11) is -3.20. The highest BCUT2D eigenvalue weighted by molar-refractivity contribution is 6.83. The molecule has 0 aliphatic carbocycles. The highest BCUT2D eigenvalue weighted by Gasteiger charge is 2.45. The lowest BCUT2D eigenvalue weighted by atomic mass is 11.0. The van der Waals surface area contributed by atoms with Gasteiger partial charge in [0.25, 0.3) is 0 Å². The topological polar surface area (TPSA) is 36.9 Å². The molecule has 0 radical (unpaired) electrons. The molecule has 1 aliphatic rings. The lowest BCUT2D eigenvalue weighted by molar-refractivity contribution is 0.178. The van der Waals surface area contributed by atoms with Gasteiger partial charge in [-0.05, 0) is 18.1 Å². The van der Waals surface area contributed by atoms with Gasteiger partial charge in [-0.15, -0.1) is 0 Å². The molecule has 15 heavy (non-hydrogen) atoms. The summed E-state index contributed by atoms with van der Waals surface area (Å²) >= 11 is 0. The molecule has 0 saturated carbocycles. The Morgan fingerprint density at radius 2 is 1.60 bits per heavy atom. The van der Waals surface area contributed by atoms with Crippen LogP contribution in [0.15, 0.2) is 0 Å². The van der Waals surface area contributed by atoms with Crippen molar-refractivity contribution in [2.45, 2.75) is 38.9 Å². The maximum Gasteiger partial charge on any atom is 0.346 e. The maximum absolute atomic E-state index is 6.09. The SMILES string of the molecule is CC[SiH]1O[SiH](CC)O[Si](CC)(COC)O1. The van der Waals surface area contributed by atoms with Crippen molar-refractivity contribution in [2.75, 3.05) is 13.3 Å². The average molecular weight is 267 g/mol. The summed E-state index contributed by atoms with van der Waals surface area (Å²) in [5, 5.41) is 0. The van der Waals surface area contributed by atoms with Crippen LogP contribution in [0.3, 0.4) is 0 Å². The van der Waals surface area contributed by atoms with E-state index in [9.17, 15) is 0 Å². The van der Waals surface area contributed by atoms with Crippen molar-refractivity contribution in [3.05, 3.63) is 0 Å². The zero-order chi connectivity index (χ0) is 11.3. The summed E-state index contributed by atoms with van der Waals surface area (Å²) in [5.74, 6) is 0. The predicted molar refractivity (Wildman–Crippen MR) is 66.6 cm³/mol. The molecule has 2 unspecified atom stereocenters. The summed E-state index contributed by atoms with van der Waals surface area (Å²) in [4.78, 5) is 0. The molecule has 1 heterocycles. The van der Waals surface area contributed by atoms with Gasteiger partial charge >= 0.3 is 27.1 Å². The Hall–Kier alpha value is 0.491. The molecule has 0 spiro atoms. The van der Waals surface area contributed by atoms with Crippen LogP contribution < -0.4 is 0 Å². The molecule has 90 valence electrons. The standard InChI is InChI=1S/C8H22O4Si3/c1-5-13-10-14(6-2)12-15(7-3,11-13)8-9-4/h13-14H,5-8H2,1-4H3. The quantitative estimate of drug-likeness (QED) is 0.700. The van der Waals surface area contributed by atoms with Crippen molar-refractivity contribution >= 4 is 27.1 Å². The highest BCUT2D eigenvalue weighted by Crippen LogP contribution is 2.24. The molecule has 0 aromatic rings. The molecule has 1 aliphatic heterocycles. The van der Waals surface area contributed by atoms with Crippen LogP contribution in [0.4, 0.5) is 0 Å².